The van der Waals surface area contributed by atoms with Crippen molar-refractivity contribution in [2.45, 2.75) is 31.2 Å². The van der Waals surface area contributed by atoms with E-state index in [4.69, 9.17) is 0 Å². The number of amides is 2. The zero-order valence-corrected chi connectivity index (χ0v) is 18.5. The van der Waals surface area contributed by atoms with Crippen LogP contribution >= 0.6 is 15.9 Å². The van der Waals surface area contributed by atoms with Gasteiger partial charge in [0.2, 0.25) is 5.91 Å². The van der Waals surface area contributed by atoms with Crippen LogP contribution in [0.4, 0.5) is 0 Å². The number of sulfone groups is 1. The molecule has 154 valence electrons. The smallest absolute Gasteiger partial charge is 0.254 e. The Morgan fingerprint density at radius 2 is 1.69 bits per heavy atom. The van der Waals surface area contributed by atoms with E-state index in [9.17, 15) is 18.0 Å². The summed E-state index contributed by atoms with van der Waals surface area (Å²) in [7, 11) is -3.08. The molecule has 0 saturated carbocycles. The molecule has 3 rings (SSSR count). The van der Waals surface area contributed by atoms with Crippen LogP contribution in [0.2, 0.25) is 0 Å². The largest absolute Gasteiger partial charge is 0.350 e. The number of likely N-dealkylation sites (tertiary alicyclic amines) is 1. The number of nitrogens with zero attached hydrogens (tertiary/aromatic N) is 1. The summed E-state index contributed by atoms with van der Waals surface area (Å²) in [5.41, 5.74) is 2.15. The average Bonchev–Trinajstić information content (AvgIpc) is 3.16. The van der Waals surface area contributed by atoms with Crippen LogP contribution in [0.3, 0.4) is 0 Å². The summed E-state index contributed by atoms with van der Waals surface area (Å²) in [6, 6.07) is 13.8. The highest BCUT2D eigenvalue weighted by atomic mass is 79.9. The lowest BCUT2D eigenvalue weighted by Gasteiger charge is -2.24. The summed E-state index contributed by atoms with van der Waals surface area (Å²) in [6.07, 6.45) is 2.63. The zero-order valence-electron chi connectivity index (χ0n) is 16.1. The lowest BCUT2D eigenvalue weighted by molar-refractivity contribution is -0.125. The summed E-state index contributed by atoms with van der Waals surface area (Å²) < 4.78 is 23.6. The van der Waals surface area contributed by atoms with Crippen molar-refractivity contribution in [3.63, 3.8) is 0 Å². The van der Waals surface area contributed by atoms with Gasteiger partial charge in [0.15, 0.2) is 9.84 Å². The first-order valence-corrected chi connectivity index (χ1v) is 12.2. The molecular formula is C21H23BrN2O4S. The Labute approximate surface area is 179 Å². The SMILES string of the molecule is CS(=O)(=O)Cc1ccc(CNC(=O)C2CCCN2C(=O)c2ccc(Br)cc2)cc1. The van der Waals surface area contributed by atoms with E-state index >= 15 is 0 Å². The van der Waals surface area contributed by atoms with Gasteiger partial charge in [-0.05, 0) is 48.2 Å². The molecule has 2 aromatic rings. The van der Waals surface area contributed by atoms with Gasteiger partial charge < -0.3 is 10.2 Å². The second kappa shape index (κ2) is 9.09. The number of hydrogen-bond acceptors (Lipinski definition) is 4. The first kappa shape index (κ1) is 21.5. The molecule has 2 amide bonds. The maximum absolute atomic E-state index is 12.8. The Bertz CT molecular complexity index is 988. The van der Waals surface area contributed by atoms with Crippen molar-refractivity contribution in [2.24, 2.45) is 0 Å². The molecule has 1 saturated heterocycles. The van der Waals surface area contributed by atoms with Crippen molar-refractivity contribution in [1.82, 2.24) is 10.2 Å². The minimum Gasteiger partial charge on any atom is -0.350 e. The van der Waals surface area contributed by atoms with Crippen LogP contribution in [-0.2, 0) is 26.9 Å². The van der Waals surface area contributed by atoms with E-state index in [2.05, 4.69) is 21.2 Å². The molecule has 1 unspecified atom stereocenters. The van der Waals surface area contributed by atoms with E-state index in [0.29, 0.717) is 30.6 Å². The molecule has 29 heavy (non-hydrogen) atoms. The Morgan fingerprint density at radius 1 is 1.07 bits per heavy atom. The Balaban J connectivity index is 1.59. The topological polar surface area (TPSA) is 83.6 Å². The van der Waals surface area contributed by atoms with Gasteiger partial charge in [-0.15, -0.1) is 0 Å². The molecule has 1 aliphatic rings. The summed E-state index contributed by atoms with van der Waals surface area (Å²) in [5, 5.41) is 2.90. The van der Waals surface area contributed by atoms with Gasteiger partial charge in [-0.2, -0.15) is 0 Å². The Hall–Kier alpha value is -2.19. The molecular weight excluding hydrogens is 456 g/mol. The second-order valence-corrected chi connectivity index (χ2v) is 10.3. The molecule has 0 aliphatic carbocycles. The predicted octanol–water partition coefficient (Wildman–Crippen LogP) is 2.91. The van der Waals surface area contributed by atoms with Crippen molar-refractivity contribution >= 4 is 37.6 Å². The van der Waals surface area contributed by atoms with Crippen LogP contribution in [0, 0.1) is 0 Å². The van der Waals surface area contributed by atoms with E-state index in [-0.39, 0.29) is 17.6 Å². The highest BCUT2D eigenvalue weighted by Crippen LogP contribution is 2.21. The highest BCUT2D eigenvalue weighted by Gasteiger charge is 2.34. The number of rotatable bonds is 6. The van der Waals surface area contributed by atoms with Gasteiger partial charge in [0.05, 0.1) is 5.75 Å². The van der Waals surface area contributed by atoms with Crippen molar-refractivity contribution in [3.05, 3.63) is 69.7 Å². The van der Waals surface area contributed by atoms with Gasteiger partial charge in [0.25, 0.3) is 5.91 Å². The fourth-order valence-corrected chi connectivity index (χ4v) is 4.47. The number of carbonyl (C=O) groups excluding carboxylic acids is 2. The van der Waals surface area contributed by atoms with Gasteiger partial charge in [0, 0.05) is 29.4 Å². The molecule has 1 heterocycles. The minimum absolute atomic E-state index is 0.00512. The van der Waals surface area contributed by atoms with E-state index in [0.717, 1.165) is 16.5 Å². The molecule has 6 nitrogen and oxygen atoms in total. The molecule has 2 aromatic carbocycles. The molecule has 1 fully saturated rings. The van der Waals surface area contributed by atoms with E-state index in [1.165, 1.54) is 6.26 Å². The van der Waals surface area contributed by atoms with Crippen molar-refractivity contribution in [3.8, 4) is 0 Å². The summed E-state index contributed by atoms with van der Waals surface area (Å²) in [5.74, 6) is -0.317. The quantitative estimate of drug-likeness (QED) is 0.691. The van der Waals surface area contributed by atoms with E-state index in [1.54, 1.807) is 41.3 Å². The number of benzene rings is 2. The maximum atomic E-state index is 12.8. The van der Waals surface area contributed by atoms with Gasteiger partial charge in [-0.1, -0.05) is 40.2 Å². The lowest BCUT2D eigenvalue weighted by Crippen LogP contribution is -2.45. The summed E-state index contributed by atoms with van der Waals surface area (Å²) >= 11 is 3.36. The third-order valence-electron chi connectivity index (χ3n) is 4.83. The van der Waals surface area contributed by atoms with Crippen molar-refractivity contribution < 1.29 is 18.0 Å². The van der Waals surface area contributed by atoms with Gasteiger partial charge >= 0.3 is 0 Å². The van der Waals surface area contributed by atoms with Crippen LogP contribution in [0.15, 0.2) is 53.0 Å². The fourth-order valence-electron chi connectivity index (χ4n) is 3.40. The van der Waals surface area contributed by atoms with Crippen LogP contribution < -0.4 is 5.32 Å². The lowest BCUT2D eigenvalue weighted by atomic mass is 10.1. The number of carbonyl (C=O) groups is 2. The van der Waals surface area contributed by atoms with Crippen molar-refractivity contribution in [2.75, 3.05) is 12.8 Å². The average molecular weight is 479 g/mol. The highest BCUT2D eigenvalue weighted by molar-refractivity contribution is 9.10. The van der Waals surface area contributed by atoms with Crippen LogP contribution in [0.1, 0.15) is 34.3 Å². The first-order chi connectivity index (χ1) is 13.7. The molecule has 1 N–H and O–H groups in total. The van der Waals surface area contributed by atoms with Crippen molar-refractivity contribution in [1.29, 1.82) is 0 Å². The summed E-state index contributed by atoms with van der Waals surface area (Å²) in [6.45, 7) is 0.891. The summed E-state index contributed by atoms with van der Waals surface area (Å²) in [4.78, 5) is 27.1. The number of halogens is 1. The fraction of sp³-hybridized carbons (Fsp3) is 0.333. The van der Waals surface area contributed by atoms with Gasteiger partial charge in [0.1, 0.15) is 6.04 Å². The Morgan fingerprint density at radius 3 is 2.31 bits per heavy atom. The standard InChI is InChI=1S/C21H23BrN2O4S/c1-29(27,28)14-16-6-4-15(5-7-16)13-23-20(25)19-3-2-12-24(19)21(26)17-8-10-18(22)11-9-17/h4-11,19H,2-3,12-14H2,1H3,(H,23,25). The van der Waals surface area contributed by atoms with Gasteiger partial charge in [-0.3, -0.25) is 9.59 Å². The van der Waals surface area contributed by atoms with E-state index < -0.39 is 15.9 Å². The Kier molecular flexibility index (Phi) is 6.74. The molecule has 1 aliphatic heterocycles. The first-order valence-electron chi connectivity index (χ1n) is 9.33. The molecule has 0 aromatic heterocycles. The molecule has 8 heteroatoms. The number of hydrogen-bond donors (Lipinski definition) is 1. The third-order valence-corrected chi connectivity index (χ3v) is 6.21. The number of nitrogens with one attached hydrogen (secondary N) is 1. The molecule has 0 radical (unpaired) electrons. The van der Waals surface area contributed by atoms with Gasteiger partial charge in [-0.25, -0.2) is 8.42 Å². The van der Waals surface area contributed by atoms with Crippen LogP contribution in [0.25, 0.3) is 0 Å². The third kappa shape index (κ3) is 5.90. The normalized spacial score (nSPS) is 16.6. The maximum Gasteiger partial charge on any atom is 0.254 e. The van der Waals surface area contributed by atoms with E-state index in [1.807, 2.05) is 12.1 Å². The monoisotopic (exact) mass is 478 g/mol. The minimum atomic E-state index is -3.08. The van der Waals surface area contributed by atoms with Crippen LogP contribution in [-0.4, -0.2) is 44.0 Å². The predicted molar refractivity (Wildman–Crippen MR) is 115 cm³/mol. The second-order valence-electron chi connectivity index (χ2n) is 7.27. The van der Waals surface area contributed by atoms with Crippen LogP contribution in [0.5, 0.6) is 0 Å². The molecule has 0 spiro atoms. The zero-order chi connectivity index (χ0) is 21.0. The molecule has 1 atom stereocenters. The molecule has 0 bridgehead atoms.